The van der Waals surface area contributed by atoms with Gasteiger partial charge in [0.25, 0.3) is 5.91 Å². The molecule has 26 heavy (non-hydrogen) atoms. The molecule has 1 fully saturated rings. The van der Waals surface area contributed by atoms with Crippen LogP contribution >= 0.6 is 0 Å². The van der Waals surface area contributed by atoms with E-state index in [1.165, 1.54) is 11.6 Å². The minimum absolute atomic E-state index is 0.100. The first-order valence-electron chi connectivity index (χ1n) is 8.56. The van der Waals surface area contributed by atoms with Crippen LogP contribution in [-0.4, -0.2) is 61.5 Å². The number of hydrogen-bond acceptors (Lipinski definition) is 5. The summed E-state index contributed by atoms with van der Waals surface area (Å²) in [5.41, 5.74) is 2.47. The van der Waals surface area contributed by atoms with E-state index in [0.717, 1.165) is 31.5 Å². The number of nitrogens with zero attached hydrogens (tertiary/aromatic N) is 3. The van der Waals surface area contributed by atoms with Crippen LogP contribution in [0.25, 0.3) is 0 Å². The monoisotopic (exact) mass is 373 g/mol. The number of hydrogen-bond donors (Lipinski definition) is 0. The molecule has 2 heterocycles. The van der Waals surface area contributed by atoms with Crippen LogP contribution in [0.2, 0.25) is 0 Å². The van der Waals surface area contributed by atoms with Crippen molar-refractivity contribution in [1.82, 2.24) is 14.8 Å². The van der Waals surface area contributed by atoms with Gasteiger partial charge < -0.3 is 4.90 Å². The second kappa shape index (κ2) is 7.55. The first-order valence-corrected chi connectivity index (χ1v) is 10.4. The van der Waals surface area contributed by atoms with E-state index in [4.69, 9.17) is 0 Å². The molecule has 0 bridgehead atoms. The second-order valence-electron chi connectivity index (χ2n) is 6.67. The molecule has 7 heteroatoms. The lowest BCUT2D eigenvalue weighted by Gasteiger charge is -2.35. The number of benzene rings is 1. The molecule has 0 aliphatic carbocycles. The summed E-state index contributed by atoms with van der Waals surface area (Å²) < 4.78 is 23.6. The van der Waals surface area contributed by atoms with E-state index in [-0.39, 0.29) is 10.8 Å². The van der Waals surface area contributed by atoms with Crippen molar-refractivity contribution in [2.24, 2.45) is 0 Å². The maximum absolute atomic E-state index is 12.9. The van der Waals surface area contributed by atoms with Gasteiger partial charge in [0.15, 0.2) is 9.84 Å². The Balaban J connectivity index is 1.67. The number of pyridine rings is 1. The van der Waals surface area contributed by atoms with Crippen molar-refractivity contribution in [3.8, 4) is 0 Å². The summed E-state index contributed by atoms with van der Waals surface area (Å²) in [6.45, 7) is 5.52. The highest BCUT2D eigenvalue weighted by Gasteiger charge is 2.24. The highest BCUT2D eigenvalue weighted by atomic mass is 32.2. The molecule has 1 aliphatic rings. The van der Waals surface area contributed by atoms with E-state index >= 15 is 0 Å². The fourth-order valence-corrected chi connectivity index (χ4v) is 3.74. The summed E-state index contributed by atoms with van der Waals surface area (Å²) in [4.78, 5) is 21.2. The van der Waals surface area contributed by atoms with Crippen molar-refractivity contribution in [3.63, 3.8) is 0 Å². The quantitative estimate of drug-likeness (QED) is 0.817. The fourth-order valence-electron chi connectivity index (χ4n) is 3.09. The zero-order valence-corrected chi connectivity index (χ0v) is 15.9. The third-order valence-electron chi connectivity index (χ3n) is 4.68. The van der Waals surface area contributed by atoms with Crippen LogP contribution in [0, 0.1) is 6.92 Å². The Kier molecular flexibility index (Phi) is 5.38. The molecule has 1 amide bonds. The summed E-state index contributed by atoms with van der Waals surface area (Å²) >= 11 is 0. The Labute approximate surface area is 154 Å². The first-order chi connectivity index (χ1) is 12.3. The number of carbonyl (C=O) groups is 1. The van der Waals surface area contributed by atoms with Crippen molar-refractivity contribution in [2.45, 2.75) is 18.4 Å². The molecule has 1 saturated heterocycles. The number of carbonyl (C=O) groups excluding carboxylic acids is 1. The SMILES string of the molecule is Cc1ccc(S(C)(=O)=O)cc1C(=O)N1CCN(Cc2ccncc2)CC1. The van der Waals surface area contributed by atoms with Gasteiger partial charge in [-0.1, -0.05) is 6.07 Å². The van der Waals surface area contributed by atoms with Crippen molar-refractivity contribution in [2.75, 3.05) is 32.4 Å². The smallest absolute Gasteiger partial charge is 0.254 e. The maximum Gasteiger partial charge on any atom is 0.254 e. The molecule has 0 atom stereocenters. The molecular weight excluding hydrogens is 350 g/mol. The number of piperazine rings is 1. The lowest BCUT2D eigenvalue weighted by molar-refractivity contribution is 0.0627. The molecule has 1 aliphatic heterocycles. The van der Waals surface area contributed by atoms with Crippen LogP contribution in [-0.2, 0) is 16.4 Å². The second-order valence-corrected chi connectivity index (χ2v) is 8.69. The molecular formula is C19H23N3O3S. The molecule has 1 aromatic heterocycles. The molecule has 3 rings (SSSR count). The average Bonchev–Trinajstić information content (AvgIpc) is 2.62. The third kappa shape index (κ3) is 4.28. The predicted octanol–water partition coefficient (Wildman–Crippen LogP) is 1.75. The van der Waals surface area contributed by atoms with Crippen molar-refractivity contribution in [3.05, 3.63) is 59.4 Å². The van der Waals surface area contributed by atoms with E-state index < -0.39 is 9.84 Å². The van der Waals surface area contributed by atoms with Crippen LogP contribution in [0.5, 0.6) is 0 Å². The first kappa shape index (κ1) is 18.5. The van der Waals surface area contributed by atoms with Crippen molar-refractivity contribution >= 4 is 15.7 Å². The molecule has 1 aromatic carbocycles. The Hall–Kier alpha value is -2.25. The van der Waals surface area contributed by atoms with Crippen LogP contribution in [0.1, 0.15) is 21.5 Å². The number of aromatic nitrogens is 1. The van der Waals surface area contributed by atoms with Crippen LogP contribution in [0.4, 0.5) is 0 Å². The van der Waals surface area contributed by atoms with Crippen LogP contribution in [0.15, 0.2) is 47.6 Å². The summed E-state index contributed by atoms with van der Waals surface area (Å²) in [5.74, 6) is -0.100. The fraction of sp³-hybridized carbons (Fsp3) is 0.368. The molecule has 0 N–H and O–H groups in total. The van der Waals surface area contributed by atoms with Gasteiger partial charge in [-0.2, -0.15) is 0 Å². The van der Waals surface area contributed by atoms with E-state index in [0.29, 0.717) is 18.7 Å². The van der Waals surface area contributed by atoms with E-state index in [9.17, 15) is 13.2 Å². The van der Waals surface area contributed by atoms with Gasteiger partial charge in [0.2, 0.25) is 0 Å². The largest absolute Gasteiger partial charge is 0.336 e. The minimum atomic E-state index is -3.33. The van der Waals surface area contributed by atoms with E-state index in [1.54, 1.807) is 29.4 Å². The summed E-state index contributed by atoms with van der Waals surface area (Å²) in [7, 11) is -3.33. The molecule has 6 nitrogen and oxygen atoms in total. The molecule has 0 unspecified atom stereocenters. The number of sulfone groups is 1. The van der Waals surface area contributed by atoms with E-state index in [2.05, 4.69) is 9.88 Å². The molecule has 138 valence electrons. The normalized spacial score (nSPS) is 15.8. The zero-order chi connectivity index (χ0) is 18.7. The van der Waals surface area contributed by atoms with Gasteiger partial charge >= 0.3 is 0 Å². The highest BCUT2D eigenvalue weighted by molar-refractivity contribution is 7.90. The molecule has 2 aromatic rings. The minimum Gasteiger partial charge on any atom is -0.336 e. The summed E-state index contributed by atoms with van der Waals surface area (Å²) in [6.07, 6.45) is 4.73. The van der Waals surface area contributed by atoms with Gasteiger partial charge in [0.05, 0.1) is 4.90 Å². The average molecular weight is 373 g/mol. The third-order valence-corrected chi connectivity index (χ3v) is 5.79. The highest BCUT2D eigenvalue weighted by Crippen LogP contribution is 2.19. The van der Waals surface area contributed by atoms with Gasteiger partial charge in [-0.15, -0.1) is 0 Å². The number of aryl methyl sites for hydroxylation is 1. The zero-order valence-electron chi connectivity index (χ0n) is 15.1. The van der Waals surface area contributed by atoms with Crippen molar-refractivity contribution in [1.29, 1.82) is 0 Å². The molecule has 0 radical (unpaired) electrons. The van der Waals surface area contributed by atoms with Gasteiger partial charge in [0.1, 0.15) is 0 Å². The van der Waals surface area contributed by atoms with Crippen LogP contribution < -0.4 is 0 Å². The van der Waals surface area contributed by atoms with E-state index in [1.807, 2.05) is 19.1 Å². The lowest BCUT2D eigenvalue weighted by Crippen LogP contribution is -2.48. The predicted molar refractivity (Wildman–Crippen MR) is 99.7 cm³/mol. The van der Waals surface area contributed by atoms with Crippen molar-refractivity contribution < 1.29 is 13.2 Å². The van der Waals surface area contributed by atoms with Gasteiger partial charge in [0, 0.05) is 56.9 Å². The molecule has 0 saturated carbocycles. The Morgan fingerprint density at radius 3 is 2.35 bits per heavy atom. The maximum atomic E-state index is 12.9. The van der Waals surface area contributed by atoms with Gasteiger partial charge in [-0.05, 0) is 42.3 Å². The number of amides is 1. The Morgan fingerprint density at radius 2 is 1.73 bits per heavy atom. The lowest BCUT2D eigenvalue weighted by atomic mass is 10.1. The topological polar surface area (TPSA) is 70.6 Å². The Bertz CT molecular complexity index is 890. The summed E-state index contributed by atoms with van der Waals surface area (Å²) in [5, 5.41) is 0. The summed E-state index contributed by atoms with van der Waals surface area (Å²) in [6, 6.07) is 8.74. The Morgan fingerprint density at radius 1 is 1.08 bits per heavy atom. The molecule has 0 spiro atoms. The standard InChI is InChI=1S/C19H23N3O3S/c1-15-3-4-17(26(2,24)25)13-18(15)19(23)22-11-9-21(10-12-22)14-16-5-7-20-8-6-16/h3-8,13H,9-12,14H2,1-2H3. The number of rotatable bonds is 4. The van der Waals surface area contributed by atoms with Gasteiger partial charge in [-0.3, -0.25) is 14.7 Å². The van der Waals surface area contributed by atoms with Gasteiger partial charge in [-0.25, -0.2) is 8.42 Å². The van der Waals surface area contributed by atoms with Crippen LogP contribution in [0.3, 0.4) is 0 Å².